The second-order valence-electron chi connectivity index (χ2n) is 4.58. The smallest absolute Gasteiger partial charge is 0.273 e. The minimum atomic E-state index is -0.235. The van der Waals surface area contributed by atoms with Crippen LogP contribution in [0.2, 0.25) is 0 Å². The van der Waals surface area contributed by atoms with Crippen LogP contribution in [0.1, 0.15) is 29.3 Å². The van der Waals surface area contributed by atoms with Crippen LogP contribution >= 0.6 is 0 Å². The molecule has 0 saturated heterocycles. The van der Waals surface area contributed by atoms with E-state index in [1.165, 1.54) is 0 Å². The van der Waals surface area contributed by atoms with Gasteiger partial charge < -0.3 is 0 Å². The van der Waals surface area contributed by atoms with E-state index in [1.807, 2.05) is 43.3 Å². The van der Waals surface area contributed by atoms with E-state index in [4.69, 9.17) is 5.26 Å². The van der Waals surface area contributed by atoms with Crippen LogP contribution in [0.4, 0.5) is 0 Å². The fourth-order valence-electron chi connectivity index (χ4n) is 2.35. The van der Waals surface area contributed by atoms with Gasteiger partial charge in [-0.1, -0.05) is 25.1 Å². The number of pyridine rings is 1. The highest BCUT2D eigenvalue weighted by Crippen LogP contribution is 2.17. The third-order valence-electron chi connectivity index (χ3n) is 3.31. The Morgan fingerprint density at radius 3 is 2.58 bits per heavy atom. The molecule has 0 saturated carbocycles. The molecule has 0 atom stereocenters. The summed E-state index contributed by atoms with van der Waals surface area (Å²) in [6, 6.07) is 11.7. The SMILES string of the molecule is CCc1ccccc1-n1c(C)cc(C)c(C#N)c1=O. The fourth-order valence-corrected chi connectivity index (χ4v) is 2.35. The molecule has 1 heterocycles. The first-order valence-electron chi connectivity index (χ1n) is 6.31. The molecule has 96 valence electrons. The minimum Gasteiger partial charge on any atom is -0.280 e. The van der Waals surface area contributed by atoms with E-state index in [-0.39, 0.29) is 11.1 Å². The zero-order valence-electron chi connectivity index (χ0n) is 11.4. The summed E-state index contributed by atoms with van der Waals surface area (Å²) in [5, 5.41) is 9.12. The molecule has 0 radical (unpaired) electrons. The molecule has 3 nitrogen and oxygen atoms in total. The summed E-state index contributed by atoms with van der Waals surface area (Å²) in [7, 11) is 0. The first-order chi connectivity index (χ1) is 9.10. The van der Waals surface area contributed by atoms with E-state index in [1.54, 1.807) is 11.5 Å². The van der Waals surface area contributed by atoms with Gasteiger partial charge in [0.25, 0.3) is 5.56 Å². The summed E-state index contributed by atoms with van der Waals surface area (Å²) >= 11 is 0. The Hall–Kier alpha value is -2.34. The Bertz CT molecular complexity index is 721. The number of rotatable bonds is 2. The van der Waals surface area contributed by atoms with Crippen molar-refractivity contribution in [2.75, 3.05) is 0 Å². The van der Waals surface area contributed by atoms with Gasteiger partial charge in [-0.25, -0.2) is 0 Å². The lowest BCUT2D eigenvalue weighted by molar-refractivity contribution is 0.900. The lowest BCUT2D eigenvalue weighted by Gasteiger charge is -2.15. The van der Waals surface area contributed by atoms with Gasteiger partial charge >= 0.3 is 0 Å². The Labute approximate surface area is 112 Å². The summed E-state index contributed by atoms with van der Waals surface area (Å²) in [4.78, 5) is 12.5. The van der Waals surface area contributed by atoms with Gasteiger partial charge in [0, 0.05) is 5.69 Å². The van der Waals surface area contributed by atoms with Crippen LogP contribution in [-0.4, -0.2) is 4.57 Å². The second kappa shape index (κ2) is 5.11. The first kappa shape index (κ1) is 13.1. The van der Waals surface area contributed by atoms with Gasteiger partial charge in [0.1, 0.15) is 11.6 Å². The molecule has 0 spiro atoms. The van der Waals surface area contributed by atoms with Crippen molar-refractivity contribution in [1.29, 1.82) is 5.26 Å². The average Bonchev–Trinajstić information content (AvgIpc) is 2.39. The highest BCUT2D eigenvalue weighted by molar-refractivity contribution is 5.46. The molecule has 0 aliphatic rings. The third kappa shape index (κ3) is 2.17. The highest BCUT2D eigenvalue weighted by Gasteiger charge is 2.13. The molecule has 0 aliphatic carbocycles. The van der Waals surface area contributed by atoms with Crippen molar-refractivity contribution in [2.45, 2.75) is 27.2 Å². The molecule has 0 N–H and O–H groups in total. The largest absolute Gasteiger partial charge is 0.280 e. The lowest BCUT2D eigenvalue weighted by atomic mass is 10.1. The maximum absolute atomic E-state index is 12.5. The molecular formula is C16H16N2O. The van der Waals surface area contributed by atoms with E-state index in [2.05, 4.69) is 6.92 Å². The minimum absolute atomic E-state index is 0.219. The van der Waals surface area contributed by atoms with E-state index in [9.17, 15) is 4.79 Å². The average molecular weight is 252 g/mol. The van der Waals surface area contributed by atoms with Gasteiger partial charge in [0.15, 0.2) is 0 Å². The maximum atomic E-state index is 12.5. The Morgan fingerprint density at radius 2 is 1.95 bits per heavy atom. The Balaban J connectivity index is 2.84. The Kier molecular flexibility index (Phi) is 3.52. The van der Waals surface area contributed by atoms with Crippen molar-refractivity contribution < 1.29 is 0 Å². The summed E-state index contributed by atoms with van der Waals surface area (Å²) < 4.78 is 1.63. The lowest BCUT2D eigenvalue weighted by Crippen LogP contribution is -2.25. The van der Waals surface area contributed by atoms with Crippen molar-refractivity contribution in [2.24, 2.45) is 0 Å². The topological polar surface area (TPSA) is 45.8 Å². The molecule has 19 heavy (non-hydrogen) atoms. The van der Waals surface area contributed by atoms with Crippen LogP contribution in [-0.2, 0) is 6.42 Å². The molecule has 2 rings (SSSR count). The van der Waals surface area contributed by atoms with Crippen LogP contribution in [0.5, 0.6) is 0 Å². The molecule has 0 bridgehead atoms. The van der Waals surface area contributed by atoms with Gasteiger partial charge in [-0.05, 0) is 43.5 Å². The summed E-state index contributed by atoms with van der Waals surface area (Å²) in [6.45, 7) is 5.74. The molecule has 0 fully saturated rings. The number of benzene rings is 1. The molecule has 2 aromatic rings. The number of aromatic nitrogens is 1. The number of hydrogen-bond donors (Lipinski definition) is 0. The zero-order valence-corrected chi connectivity index (χ0v) is 11.4. The van der Waals surface area contributed by atoms with E-state index in [0.29, 0.717) is 0 Å². The quantitative estimate of drug-likeness (QED) is 0.825. The number of nitriles is 1. The van der Waals surface area contributed by atoms with Gasteiger partial charge in [-0.15, -0.1) is 0 Å². The van der Waals surface area contributed by atoms with E-state index < -0.39 is 0 Å². The summed E-state index contributed by atoms with van der Waals surface area (Å²) in [5.74, 6) is 0. The maximum Gasteiger partial charge on any atom is 0.273 e. The Morgan fingerprint density at radius 1 is 1.26 bits per heavy atom. The summed E-state index contributed by atoms with van der Waals surface area (Å²) in [6.07, 6.45) is 0.845. The van der Waals surface area contributed by atoms with Crippen LogP contribution < -0.4 is 5.56 Å². The van der Waals surface area contributed by atoms with E-state index >= 15 is 0 Å². The van der Waals surface area contributed by atoms with Crippen LogP contribution in [0.25, 0.3) is 5.69 Å². The van der Waals surface area contributed by atoms with Gasteiger partial charge in [0.05, 0.1) is 5.69 Å². The molecule has 1 aromatic heterocycles. The van der Waals surface area contributed by atoms with Crippen LogP contribution in [0, 0.1) is 25.2 Å². The zero-order chi connectivity index (χ0) is 14.0. The predicted molar refractivity (Wildman–Crippen MR) is 75.6 cm³/mol. The number of nitrogens with zero attached hydrogens (tertiary/aromatic N) is 2. The molecule has 0 unspecified atom stereocenters. The normalized spacial score (nSPS) is 10.2. The van der Waals surface area contributed by atoms with E-state index in [0.717, 1.165) is 28.9 Å². The monoisotopic (exact) mass is 252 g/mol. The highest BCUT2D eigenvalue weighted by atomic mass is 16.1. The molecule has 0 amide bonds. The fraction of sp³-hybridized carbons (Fsp3) is 0.250. The van der Waals surface area contributed by atoms with Gasteiger partial charge in [0.2, 0.25) is 0 Å². The summed E-state index contributed by atoms with van der Waals surface area (Å²) in [5.41, 5.74) is 3.53. The third-order valence-corrected chi connectivity index (χ3v) is 3.31. The standard InChI is InChI=1S/C16H16N2O/c1-4-13-7-5-6-8-15(13)18-12(3)9-11(2)14(10-17)16(18)19/h5-9H,4H2,1-3H3. The van der Waals surface area contributed by atoms with Crippen molar-refractivity contribution in [1.82, 2.24) is 4.57 Å². The second-order valence-corrected chi connectivity index (χ2v) is 4.58. The molecular weight excluding hydrogens is 236 g/mol. The van der Waals surface area contributed by atoms with Crippen molar-refractivity contribution >= 4 is 0 Å². The number of para-hydroxylation sites is 1. The van der Waals surface area contributed by atoms with Crippen LogP contribution in [0.3, 0.4) is 0 Å². The number of aryl methyl sites for hydroxylation is 3. The van der Waals surface area contributed by atoms with Crippen LogP contribution in [0.15, 0.2) is 35.1 Å². The predicted octanol–water partition coefficient (Wildman–Crippen LogP) is 2.89. The van der Waals surface area contributed by atoms with Gasteiger partial charge in [-0.3, -0.25) is 9.36 Å². The van der Waals surface area contributed by atoms with Crippen molar-refractivity contribution in [3.05, 3.63) is 63.1 Å². The van der Waals surface area contributed by atoms with Crippen molar-refractivity contribution in [3.8, 4) is 11.8 Å². The number of hydrogen-bond acceptors (Lipinski definition) is 2. The molecule has 0 aliphatic heterocycles. The van der Waals surface area contributed by atoms with Gasteiger partial charge in [-0.2, -0.15) is 5.26 Å². The van der Waals surface area contributed by atoms with Crippen molar-refractivity contribution in [3.63, 3.8) is 0 Å². The first-order valence-corrected chi connectivity index (χ1v) is 6.31. The molecule has 1 aromatic carbocycles. The molecule has 3 heteroatoms.